The summed E-state index contributed by atoms with van der Waals surface area (Å²) in [5, 5.41) is 9.12. The molecule has 1 aromatic rings. The van der Waals surface area contributed by atoms with E-state index in [4.69, 9.17) is 14.6 Å². The van der Waals surface area contributed by atoms with Crippen LogP contribution in [0.3, 0.4) is 0 Å². The van der Waals surface area contributed by atoms with Crippen molar-refractivity contribution in [3.8, 4) is 5.75 Å². The van der Waals surface area contributed by atoms with Gasteiger partial charge in [0, 0.05) is 13.1 Å². The maximum absolute atomic E-state index is 12.0. The molecule has 5 heteroatoms. The standard InChI is InChI=1S/C14H19NO4/c1-11-7-15(8-13(9-16)19-11)14(17)10-18-12-5-3-2-4-6-12/h2-6,11,13,16H,7-10H2,1H3. The Labute approximate surface area is 112 Å². The summed E-state index contributed by atoms with van der Waals surface area (Å²) in [5.74, 6) is 0.591. The summed E-state index contributed by atoms with van der Waals surface area (Å²) in [6.07, 6.45) is -0.365. The highest BCUT2D eigenvalue weighted by Crippen LogP contribution is 2.12. The smallest absolute Gasteiger partial charge is 0.260 e. The van der Waals surface area contributed by atoms with E-state index in [0.29, 0.717) is 18.8 Å². The summed E-state index contributed by atoms with van der Waals surface area (Å²) < 4.78 is 10.9. The van der Waals surface area contributed by atoms with Crippen molar-refractivity contribution in [2.24, 2.45) is 0 Å². The minimum Gasteiger partial charge on any atom is -0.484 e. The third kappa shape index (κ3) is 3.94. The lowest BCUT2D eigenvalue weighted by Gasteiger charge is -2.36. The molecular formula is C14H19NO4. The van der Waals surface area contributed by atoms with Gasteiger partial charge < -0.3 is 19.5 Å². The fraction of sp³-hybridized carbons (Fsp3) is 0.500. The molecule has 2 rings (SSSR count). The van der Waals surface area contributed by atoms with E-state index < -0.39 is 0 Å². The second-order valence-electron chi connectivity index (χ2n) is 4.65. The SMILES string of the molecule is CC1CN(C(=O)COc2ccccc2)CC(CO)O1. The monoisotopic (exact) mass is 265 g/mol. The molecule has 1 saturated heterocycles. The van der Waals surface area contributed by atoms with Crippen molar-refractivity contribution in [2.45, 2.75) is 19.1 Å². The molecule has 1 aromatic carbocycles. The Morgan fingerprint density at radius 3 is 2.84 bits per heavy atom. The predicted molar refractivity (Wildman–Crippen MR) is 69.9 cm³/mol. The van der Waals surface area contributed by atoms with E-state index in [0.717, 1.165) is 0 Å². The van der Waals surface area contributed by atoms with Crippen LogP contribution in [0.4, 0.5) is 0 Å². The molecule has 2 atom stereocenters. The van der Waals surface area contributed by atoms with E-state index >= 15 is 0 Å². The maximum Gasteiger partial charge on any atom is 0.260 e. The molecule has 1 amide bonds. The molecule has 104 valence electrons. The first-order chi connectivity index (χ1) is 9.19. The number of nitrogens with zero attached hydrogens (tertiary/aromatic N) is 1. The van der Waals surface area contributed by atoms with Gasteiger partial charge in [0.25, 0.3) is 5.91 Å². The Morgan fingerprint density at radius 2 is 2.16 bits per heavy atom. The third-order valence-electron chi connectivity index (χ3n) is 2.99. The first kappa shape index (κ1) is 13.8. The van der Waals surface area contributed by atoms with Crippen molar-refractivity contribution in [1.29, 1.82) is 0 Å². The number of hydrogen-bond donors (Lipinski definition) is 1. The molecule has 1 N–H and O–H groups in total. The lowest BCUT2D eigenvalue weighted by Crippen LogP contribution is -2.51. The molecule has 0 saturated carbocycles. The Hall–Kier alpha value is -1.59. The number of aliphatic hydroxyl groups is 1. The number of benzene rings is 1. The zero-order chi connectivity index (χ0) is 13.7. The summed E-state index contributed by atoms with van der Waals surface area (Å²) in [7, 11) is 0. The zero-order valence-electron chi connectivity index (χ0n) is 11.0. The average molecular weight is 265 g/mol. The second kappa shape index (κ2) is 6.54. The van der Waals surface area contributed by atoms with Gasteiger partial charge in [-0.05, 0) is 19.1 Å². The Morgan fingerprint density at radius 1 is 1.42 bits per heavy atom. The summed E-state index contributed by atoms with van der Waals surface area (Å²) in [4.78, 5) is 13.7. The van der Waals surface area contributed by atoms with Crippen LogP contribution in [0.15, 0.2) is 30.3 Å². The van der Waals surface area contributed by atoms with Crippen molar-refractivity contribution in [1.82, 2.24) is 4.90 Å². The minimum atomic E-state index is -0.301. The Balaban J connectivity index is 1.85. The van der Waals surface area contributed by atoms with Crippen molar-refractivity contribution >= 4 is 5.91 Å². The molecule has 1 heterocycles. The van der Waals surface area contributed by atoms with Crippen molar-refractivity contribution in [2.75, 3.05) is 26.3 Å². The average Bonchev–Trinajstić information content (AvgIpc) is 2.45. The van der Waals surface area contributed by atoms with Gasteiger partial charge in [-0.25, -0.2) is 0 Å². The van der Waals surface area contributed by atoms with Gasteiger partial charge >= 0.3 is 0 Å². The van der Waals surface area contributed by atoms with Crippen molar-refractivity contribution < 1.29 is 19.4 Å². The highest BCUT2D eigenvalue weighted by atomic mass is 16.5. The number of para-hydroxylation sites is 1. The molecule has 0 bridgehead atoms. The lowest BCUT2D eigenvalue weighted by atomic mass is 10.2. The largest absolute Gasteiger partial charge is 0.484 e. The van der Waals surface area contributed by atoms with Gasteiger partial charge in [0.2, 0.25) is 0 Å². The third-order valence-corrected chi connectivity index (χ3v) is 2.99. The van der Waals surface area contributed by atoms with Crippen LogP contribution in [0.1, 0.15) is 6.92 Å². The Bertz CT molecular complexity index is 409. The van der Waals surface area contributed by atoms with Crippen molar-refractivity contribution in [3.05, 3.63) is 30.3 Å². The molecule has 1 fully saturated rings. The van der Waals surface area contributed by atoms with Crippen LogP contribution < -0.4 is 4.74 Å². The molecule has 0 aliphatic carbocycles. The first-order valence-electron chi connectivity index (χ1n) is 6.41. The van der Waals surface area contributed by atoms with E-state index in [-0.39, 0.29) is 31.3 Å². The molecule has 1 aliphatic heterocycles. The molecule has 0 aromatic heterocycles. The van der Waals surface area contributed by atoms with Gasteiger partial charge in [-0.3, -0.25) is 4.79 Å². The van der Waals surface area contributed by atoms with Crippen LogP contribution >= 0.6 is 0 Å². The molecule has 0 spiro atoms. The second-order valence-corrected chi connectivity index (χ2v) is 4.65. The van der Waals surface area contributed by atoms with Crippen LogP contribution in [0.2, 0.25) is 0 Å². The van der Waals surface area contributed by atoms with Crippen LogP contribution in [0, 0.1) is 0 Å². The van der Waals surface area contributed by atoms with Gasteiger partial charge in [0.1, 0.15) is 5.75 Å². The van der Waals surface area contributed by atoms with Gasteiger partial charge in [-0.1, -0.05) is 18.2 Å². The summed E-state index contributed by atoms with van der Waals surface area (Å²) >= 11 is 0. The Kier molecular flexibility index (Phi) is 4.76. The van der Waals surface area contributed by atoms with Gasteiger partial charge in [-0.2, -0.15) is 0 Å². The van der Waals surface area contributed by atoms with Gasteiger partial charge in [-0.15, -0.1) is 0 Å². The summed E-state index contributed by atoms with van der Waals surface area (Å²) in [6.45, 7) is 2.77. The summed E-state index contributed by atoms with van der Waals surface area (Å²) in [5.41, 5.74) is 0. The first-order valence-corrected chi connectivity index (χ1v) is 6.41. The molecular weight excluding hydrogens is 246 g/mol. The predicted octanol–water partition coefficient (Wildman–Crippen LogP) is 0.674. The molecule has 5 nitrogen and oxygen atoms in total. The highest BCUT2D eigenvalue weighted by Gasteiger charge is 2.27. The summed E-state index contributed by atoms with van der Waals surface area (Å²) in [6, 6.07) is 9.23. The number of rotatable bonds is 4. The number of amides is 1. The van der Waals surface area contributed by atoms with E-state index in [2.05, 4.69) is 0 Å². The fourth-order valence-electron chi connectivity index (χ4n) is 2.10. The minimum absolute atomic E-state index is 0.00881. The molecule has 19 heavy (non-hydrogen) atoms. The van der Waals surface area contributed by atoms with E-state index in [1.165, 1.54) is 0 Å². The zero-order valence-corrected chi connectivity index (χ0v) is 11.0. The van der Waals surface area contributed by atoms with Crippen LogP contribution in [-0.2, 0) is 9.53 Å². The molecule has 1 aliphatic rings. The van der Waals surface area contributed by atoms with Crippen LogP contribution in [-0.4, -0.2) is 54.4 Å². The number of aliphatic hydroxyl groups excluding tert-OH is 1. The van der Waals surface area contributed by atoms with Gasteiger partial charge in [0.05, 0.1) is 18.8 Å². The molecule has 0 radical (unpaired) electrons. The van der Waals surface area contributed by atoms with E-state index in [1.807, 2.05) is 37.3 Å². The van der Waals surface area contributed by atoms with Crippen LogP contribution in [0.5, 0.6) is 5.75 Å². The van der Waals surface area contributed by atoms with Crippen LogP contribution in [0.25, 0.3) is 0 Å². The van der Waals surface area contributed by atoms with E-state index in [9.17, 15) is 4.79 Å². The van der Waals surface area contributed by atoms with E-state index in [1.54, 1.807) is 4.90 Å². The fourth-order valence-corrected chi connectivity index (χ4v) is 2.10. The number of morpholine rings is 1. The maximum atomic E-state index is 12.0. The van der Waals surface area contributed by atoms with Crippen molar-refractivity contribution in [3.63, 3.8) is 0 Å². The molecule has 2 unspecified atom stereocenters. The topological polar surface area (TPSA) is 59.0 Å². The lowest BCUT2D eigenvalue weighted by molar-refractivity contribution is -0.149. The highest BCUT2D eigenvalue weighted by molar-refractivity contribution is 5.78. The number of carbonyl (C=O) groups excluding carboxylic acids is 1. The van der Waals surface area contributed by atoms with Gasteiger partial charge in [0.15, 0.2) is 6.61 Å². The number of carbonyl (C=O) groups is 1. The number of hydrogen-bond acceptors (Lipinski definition) is 4. The number of ether oxygens (including phenoxy) is 2. The normalized spacial score (nSPS) is 23.2. The quantitative estimate of drug-likeness (QED) is 0.869.